The highest BCUT2D eigenvalue weighted by Gasteiger charge is 2.25. The third-order valence-electron chi connectivity index (χ3n) is 1.85. The lowest BCUT2D eigenvalue weighted by atomic mass is 10.1. The molecule has 0 aromatic carbocycles. The number of aromatic nitrogens is 1. The number of rotatable bonds is 1. The molecule has 4 nitrogen and oxygen atoms in total. The van der Waals surface area contributed by atoms with Crippen LogP contribution in [-0.2, 0) is 4.74 Å². The molecular formula is C8H7ClN2O2. The quantitative estimate of drug-likeness (QED) is 0.744. The summed E-state index contributed by atoms with van der Waals surface area (Å²) in [6, 6.07) is 1.62. The van der Waals surface area contributed by atoms with Gasteiger partial charge in [0.2, 0.25) is 0 Å². The molecule has 0 radical (unpaired) electrons. The van der Waals surface area contributed by atoms with Crippen LogP contribution in [-0.4, -0.2) is 17.7 Å². The number of hydrogen-bond acceptors (Lipinski definition) is 3. The summed E-state index contributed by atoms with van der Waals surface area (Å²) in [6.07, 6.45) is 2.77. The number of cyclic esters (lactones) is 1. The predicted molar refractivity (Wildman–Crippen MR) is 46.5 cm³/mol. The van der Waals surface area contributed by atoms with Crippen LogP contribution in [0.1, 0.15) is 11.6 Å². The number of alkyl carbamates (subject to hydrolysis) is 1. The first kappa shape index (κ1) is 8.31. The van der Waals surface area contributed by atoms with Gasteiger partial charge in [0, 0.05) is 12.4 Å². The number of pyridine rings is 1. The van der Waals surface area contributed by atoms with Crippen molar-refractivity contribution >= 4 is 17.7 Å². The van der Waals surface area contributed by atoms with E-state index >= 15 is 0 Å². The number of halogens is 1. The molecule has 0 aliphatic carbocycles. The van der Waals surface area contributed by atoms with Crippen LogP contribution >= 0.6 is 11.6 Å². The standard InChI is InChI=1S/C8H7ClN2O2/c9-6-3-10-2-1-5(6)7-4-13-8(12)11-7/h1-3,7H,4H2,(H,11,12)/t7-/m0/s1. The number of hydrogen-bond donors (Lipinski definition) is 1. The van der Waals surface area contributed by atoms with Crippen LogP contribution in [0.15, 0.2) is 18.5 Å². The Bertz CT molecular complexity index is 343. The summed E-state index contributed by atoms with van der Waals surface area (Å²) in [7, 11) is 0. The maximum atomic E-state index is 10.7. The van der Waals surface area contributed by atoms with E-state index in [-0.39, 0.29) is 6.04 Å². The molecule has 5 heteroatoms. The Morgan fingerprint density at radius 2 is 2.54 bits per heavy atom. The lowest BCUT2D eigenvalue weighted by Crippen LogP contribution is -2.18. The van der Waals surface area contributed by atoms with Gasteiger partial charge >= 0.3 is 6.09 Å². The second-order valence-corrected chi connectivity index (χ2v) is 3.10. The van der Waals surface area contributed by atoms with Gasteiger partial charge in [-0.25, -0.2) is 4.79 Å². The van der Waals surface area contributed by atoms with Crippen molar-refractivity contribution in [2.75, 3.05) is 6.61 Å². The topological polar surface area (TPSA) is 51.2 Å². The van der Waals surface area contributed by atoms with Crippen LogP contribution in [0.2, 0.25) is 5.02 Å². The first-order valence-corrected chi connectivity index (χ1v) is 4.18. The van der Waals surface area contributed by atoms with Crippen LogP contribution in [0.3, 0.4) is 0 Å². The average Bonchev–Trinajstić information content (AvgIpc) is 2.53. The van der Waals surface area contributed by atoms with E-state index in [1.807, 2.05) is 0 Å². The molecule has 1 fully saturated rings. The van der Waals surface area contributed by atoms with Crippen molar-refractivity contribution in [3.8, 4) is 0 Å². The molecule has 68 valence electrons. The van der Waals surface area contributed by atoms with E-state index in [1.165, 1.54) is 0 Å². The monoisotopic (exact) mass is 198 g/mol. The average molecular weight is 199 g/mol. The molecule has 1 N–H and O–H groups in total. The molecule has 1 aromatic heterocycles. The second-order valence-electron chi connectivity index (χ2n) is 2.69. The van der Waals surface area contributed by atoms with E-state index in [0.717, 1.165) is 5.56 Å². The normalized spacial score (nSPS) is 21.0. The molecule has 2 rings (SSSR count). The number of amides is 1. The number of ether oxygens (including phenoxy) is 1. The SMILES string of the molecule is O=C1N[C@H](c2ccncc2Cl)CO1. The van der Waals surface area contributed by atoms with Crippen molar-refractivity contribution in [2.24, 2.45) is 0 Å². The van der Waals surface area contributed by atoms with E-state index in [1.54, 1.807) is 18.5 Å². The zero-order valence-electron chi connectivity index (χ0n) is 6.66. The highest BCUT2D eigenvalue weighted by molar-refractivity contribution is 6.31. The van der Waals surface area contributed by atoms with E-state index in [4.69, 9.17) is 16.3 Å². The number of nitrogens with zero attached hydrogens (tertiary/aromatic N) is 1. The number of carbonyl (C=O) groups is 1. The van der Waals surface area contributed by atoms with Crippen molar-refractivity contribution in [2.45, 2.75) is 6.04 Å². The molecule has 1 amide bonds. The molecule has 0 unspecified atom stereocenters. The fraction of sp³-hybridized carbons (Fsp3) is 0.250. The molecule has 0 spiro atoms. The largest absolute Gasteiger partial charge is 0.447 e. The summed E-state index contributed by atoms with van der Waals surface area (Å²) >= 11 is 5.88. The van der Waals surface area contributed by atoms with Crippen molar-refractivity contribution in [3.05, 3.63) is 29.0 Å². The minimum Gasteiger partial charge on any atom is -0.447 e. The van der Waals surface area contributed by atoms with Crippen LogP contribution in [0.5, 0.6) is 0 Å². The van der Waals surface area contributed by atoms with Gasteiger partial charge in [-0.1, -0.05) is 11.6 Å². The maximum Gasteiger partial charge on any atom is 0.407 e. The van der Waals surface area contributed by atoms with Crippen molar-refractivity contribution in [1.29, 1.82) is 0 Å². The maximum absolute atomic E-state index is 10.7. The molecule has 1 aliphatic rings. The van der Waals surface area contributed by atoms with E-state index in [2.05, 4.69) is 10.3 Å². The molecule has 1 aromatic rings. The van der Waals surface area contributed by atoms with Gasteiger partial charge in [0.15, 0.2) is 0 Å². The third-order valence-corrected chi connectivity index (χ3v) is 2.17. The Kier molecular flexibility index (Phi) is 2.06. The van der Waals surface area contributed by atoms with Gasteiger partial charge < -0.3 is 10.1 Å². The molecule has 1 saturated heterocycles. The lowest BCUT2D eigenvalue weighted by molar-refractivity contribution is 0.177. The molecule has 0 bridgehead atoms. The van der Waals surface area contributed by atoms with E-state index in [0.29, 0.717) is 11.6 Å². The van der Waals surface area contributed by atoms with Gasteiger partial charge in [-0.3, -0.25) is 4.98 Å². The van der Waals surface area contributed by atoms with Crippen molar-refractivity contribution in [3.63, 3.8) is 0 Å². The van der Waals surface area contributed by atoms with Crippen molar-refractivity contribution in [1.82, 2.24) is 10.3 Å². The number of carbonyl (C=O) groups excluding carboxylic acids is 1. The fourth-order valence-corrected chi connectivity index (χ4v) is 1.47. The zero-order valence-corrected chi connectivity index (χ0v) is 7.41. The minimum atomic E-state index is -0.405. The summed E-state index contributed by atoms with van der Waals surface area (Å²) in [5, 5.41) is 3.18. The van der Waals surface area contributed by atoms with Gasteiger partial charge in [-0.2, -0.15) is 0 Å². The molecular weight excluding hydrogens is 192 g/mol. The van der Waals surface area contributed by atoms with Crippen LogP contribution in [0.25, 0.3) is 0 Å². The zero-order chi connectivity index (χ0) is 9.26. The first-order chi connectivity index (χ1) is 6.27. The highest BCUT2D eigenvalue weighted by Crippen LogP contribution is 2.24. The summed E-state index contributed by atoms with van der Waals surface area (Å²) in [5.41, 5.74) is 0.836. The Balaban J connectivity index is 2.26. The van der Waals surface area contributed by atoms with E-state index < -0.39 is 6.09 Å². The minimum absolute atomic E-state index is 0.150. The first-order valence-electron chi connectivity index (χ1n) is 3.80. The summed E-state index contributed by atoms with van der Waals surface area (Å²) < 4.78 is 4.75. The Morgan fingerprint density at radius 3 is 3.15 bits per heavy atom. The van der Waals surface area contributed by atoms with Crippen LogP contribution < -0.4 is 5.32 Å². The van der Waals surface area contributed by atoms with Crippen LogP contribution in [0, 0.1) is 0 Å². The van der Waals surface area contributed by atoms with Gasteiger partial charge in [-0.15, -0.1) is 0 Å². The van der Waals surface area contributed by atoms with Crippen molar-refractivity contribution < 1.29 is 9.53 Å². The molecule has 2 heterocycles. The fourth-order valence-electron chi connectivity index (χ4n) is 1.22. The smallest absolute Gasteiger partial charge is 0.407 e. The Hall–Kier alpha value is -1.29. The Morgan fingerprint density at radius 1 is 1.69 bits per heavy atom. The number of nitrogens with one attached hydrogen (secondary N) is 1. The lowest BCUT2D eigenvalue weighted by Gasteiger charge is -2.08. The molecule has 1 atom stereocenters. The van der Waals surface area contributed by atoms with Crippen LogP contribution in [0.4, 0.5) is 4.79 Å². The molecule has 0 saturated carbocycles. The van der Waals surface area contributed by atoms with Gasteiger partial charge in [0.1, 0.15) is 6.61 Å². The van der Waals surface area contributed by atoms with Gasteiger partial charge in [0.25, 0.3) is 0 Å². The second kappa shape index (κ2) is 3.22. The molecule has 1 aliphatic heterocycles. The Labute approximate surface area is 79.9 Å². The highest BCUT2D eigenvalue weighted by atomic mass is 35.5. The third kappa shape index (κ3) is 1.58. The summed E-state index contributed by atoms with van der Waals surface area (Å²) in [6.45, 7) is 0.322. The van der Waals surface area contributed by atoms with E-state index in [9.17, 15) is 4.79 Å². The van der Waals surface area contributed by atoms with Gasteiger partial charge in [-0.05, 0) is 11.6 Å². The van der Waals surface area contributed by atoms with Gasteiger partial charge in [0.05, 0.1) is 11.1 Å². The molecule has 13 heavy (non-hydrogen) atoms. The summed E-state index contributed by atoms with van der Waals surface area (Å²) in [5.74, 6) is 0. The predicted octanol–water partition coefficient (Wildman–Crippen LogP) is 1.52. The summed E-state index contributed by atoms with van der Waals surface area (Å²) in [4.78, 5) is 14.6.